The Kier molecular flexibility index (Phi) is 5.40. The summed E-state index contributed by atoms with van der Waals surface area (Å²) in [7, 11) is 3.74. The maximum Gasteiger partial charge on any atom is 0.119 e. The number of benzene rings is 2. The quantitative estimate of drug-likeness (QED) is 0.857. The fraction of sp³-hybridized carbons (Fsp3) is 0.368. The zero-order chi connectivity index (χ0) is 15.2. The molecule has 2 rings (SSSR count). The average molecular weight is 283 g/mol. The van der Waals surface area contributed by atoms with Crippen LogP contribution in [0, 0.1) is 13.8 Å². The molecule has 1 unspecified atom stereocenters. The van der Waals surface area contributed by atoms with E-state index in [0.717, 1.165) is 18.6 Å². The molecule has 0 amide bonds. The largest absolute Gasteiger partial charge is 0.497 e. The highest BCUT2D eigenvalue weighted by atomic mass is 16.5. The molecular formula is C19H25NO. The van der Waals surface area contributed by atoms with Crippen molar-refractivity contribution in [1.29, 1.82) is 0 Å². The van der Waals surface area contributed by atoms with Crippen molar-refractivity contribution >= 4 is 0 Å². The Balaban J connectivity index is 2.07. The first-order valence-electron chi connectivity index (χ1n) is 7.51. The Labute approximate surface area is 128 Å². The minimum Gasteiger partial charge on any atom is -0.497 e. The van der Waals surface area contributed by atoms with Gasteiger partial charge < -0.3 is 10.1 Å². The number of aryl methyl sites for hydroxylation is 3. The van der Waals surface area contributed by atoms with Crippen molar-refractivity contribution in [1.82, 2.24) is 5.32 Å². The molecule has 0 aromatic heterocycles. The second-order valence-corrected chi connectivity index (χ2v) is 5.59. The van der Waals surface area contributed by atoms with E-state index in [1.807, 2.05) is 13.1 Å². The molecule has 1 N–H and O–H groups in total. The van der Waals surface area contributed by atoms with Gasteiger partial charge >= 0.3 is 0 Å². The molecule has 21 heavy (non-hydrogen) atoms. The van der Waals surface area contributed by atoms with E-state index >= 15 is 0 Å². The van der Waals surface area contributed by atoms with Crippen LogP contribution in [0.25, 0.3) is 0 Å². The minimum atomic E-state index is 0.372. The fourth-order valence-corrected chi connectivity index (χ4v) is 2.69. The van der Waals surface area contributed by atoms with Crippen LogP contribution in [0.3, 0.4) is 0 Å². The summed E-state index contributed by atoms with van der Waals surface area (Å²) in [5.74, 6) is 0.921. The first-order chi connectivity index (χ1) is 10.1. The van der Waals surface area contributed by atoms with E-state index in [-0.39, 0.29) is 0 Å². The van der Waals surface area contributed by atoms with Gasteiger partial charge in [-0.2, -0.15) is 0 Å². The van der Waals surface area contributed by atoms with Gasteiger partial charge in [-0.25, -0.2) is 0 Å². The Bertz CT molecular complexity index is 575. The SMILES string of the molecule is CNC(CCc1ccc(C)cc1)c1ccc(OC)cc1C. The molecule has 0 bridgehead atoms. The minimum absolute atomic E-state index is 0.372. The maximum absolute atomic E-state index is 5.28. The van der Waals surface area contributed by atoms with E-state index < -0.39 is 0 Å². The summed E-state index contributed by atoms with van der Waals surface area (Å²) in [5.41, 5.74) is 5.34. The lowest BCUT2D eigenvalue weighted by Crippen LogP contribution is -2.18. The smallest absolute Gasteiger partial charge is 0.119 e. The Morgan fingerprint density at radius 1 is 1.05 bits per heavy atom. The van der Waals surface area contributed by atoms with Gasteiger partial charge in [-0.1, -0.05) is 35.9 Å². The molecule has 0 heterocycles. The van der Waals surface area contributed by atoms with E-state index in [1.165, 1.54) is 22.3 Å². The van der Waals surface area contributed by atoms with E-state index in [2.05, 4.69) is 55.6 Å². The third-order valence-electron chi connectivity index (χ3n) is 4.04. The number of nitrogens with one attached hydrogen (secondary N) is 1. The Hall–Kier alpha value is -1.80. The topological polar surface area (TPSA) is 21.3 Å². The van der Waals surface area contributed by atoms with Gasteiger partial charge in [0.1, 0.15) is 5.75 Å². The number of rotatable bonds is 6. The van der Waals surface area contributed by atoms with Gasteiger partial charge in [0.05, 0.1) is 7.11 Å². The second kappa shape index (κ2) is 7.28. The fourth-order valence-electron chi connectivity index (χ4n) is 2.69. The normalized spacial score (nSPS) is 12.2. The molecular weight excluding hydrogens is 258 g/mol. The number of ether oxygens (including phenoxy) is 1. The standard InChI is InChI=1S/C19H25NO/c1-14-5-7-16(8-6-14)9-12-19(20-3)18-11-10-17(21-4)13-15(18)2/h5-8,10-11,13,19-20H,9,12H2,1-4H3. The van der Waals surface area contributed by atoms with Crippen molar-refractivity contribution in [2.75, 3.05) is 14.2 Å². The molecule has 112 valence electrons. The first kappa shape index (κ1) is 15.6. The number of hydrogen-bond donors (Lipinski definition) is 1. The van der Waals surface area contributed by atoms with Crippen LogP contribution in [-0.4, -0.2) is 14.2 Å². The molecule has 1 atom stereocenters. The first-order valence-corrected chi connectivity index (χ1v) is 7.51. The molecule has 2 nitrogen and oxygen atoms in total. The van der Waals surface area contributed by atoms with Crippen molar-refractivity contribution < 1.29 is 4.74 Å². The highest BCUT2D eigenvalue weighted by Gasteiger charge is 2.12. The van der Waals surface area contributed by atoms with Crippen LogP contribution < -0.4 is 10.1 Å². The highest BCUT2D eigenvalue weighted by molar-refractivity contribution is 5.36. The summed E-state index contributed by atoms with van der Waals surface area (Å²) in [6, 6.07) is 15.5. The molecule has 2 aromatic rings. The number of methoxy groups -OCH3 is 1. The van der Waals surface area contributed by atoms with Gasteiger partial charge in [-0.15, -0.1) is 0 Å². The monoisotopic (exact) mass is 283 g/mol. The highest BCUT2D eigenvalue weighted by Crippen LogP contribution is 2.25. The average Bonchev–Trinajstić information content (AvgIpc) is 2.50. The van der Waals surface area contributed by atoms with E-state index in [4.69, 9.17) is 4.74 Å². The predicted octanol–water partition coefficient (Wildman–Crippen LogP) is 4.21. The Morgan fingerprint density at radius 3 is 2.33 bits per heavy atom. The summed E-state index contributed by atoms with van der Waals surface area (Å²) in [6.45, 7) is 4.27. The van der Waals surface area contributed by atoms with Gasteiger partial charge in [0, 0.05) is 6.04 Å². The van der Waals surface area contributed by atoms with Gasteiger partial charge in [-0.3, -0.25) is 0 Å². The van der Waals surface area contributed by atoms with E-state index in [0.29, 0.717) is 6.04 Å². The van der Waals surface area contributed by atoms with Crippen LogP contribution in [0.5, 0.6) is 5.75 Å². The molecule has 0 saturated carbocycles. The van der Waals surface area contributed by atoms with Crippen LogP contribution in [0.1, 0.15) is 34.7 Å². The maximum atomic E-state index is 5.28. The van der Waals surface area contributed by atoms with E-state index in [1.54, 1.807) is 7.11 Å². The van der Waals surface area contributed by atoms with Gasteiger partial charge in [-0.05, 0) is 62.6 Å². The molecule has 0 spiro atoms. The zero-order valence-electron chi connectivity index (χ0n) is 13.4. The molecule has 2 heteroatoms. The van der Waals surface area contributed by atoms with Crippen molar-refractivity contribution in [3.05, 3.63) is 64.7 Å². The van der Waals surface area contributed by atoms with Crippen molar-refractivity contribution in [2.45, 2.75) is 32.7 Å². The molecule has 0 aliphatic heterocycles. The van der Waals surface area contributed by atoms with Crippen molar-refractivity contribution in [2.24, 2.45) is 0 Å². The summed E-state index contributed by atoms with van der Waals surface area (Å²) in [6.07, 6.45) is 2.17. The second-order valence-electron chi connectivity index (χ2n) is 5.59. The molecule has 0 fully saturated rings. The molecule has 0 radical (unpaired) electrons. The summed E-state index contributed by atoms with van der Waals surface area (Å²) >= 11 is 0. The lowest BCUT2D eigenvalue weighted by Gasteiger charge is -2.19. The Morgan fingerprint density at radius 2 is 1.76 bits per heavy atom. The third-order valence-corrected chi connectivity index (χ3v) is 4.04. The van der Waals surface area contributed by atoms with Gasteiger partial charge in [0.25, 0.3) is 0 Å². The van der Waals surface area contributed by atoms with E-state index in [9.17, 15) is 0 Å². The van der Waals surface area contributed by atoms with Crippen LogP contribution in [0.2, 0.25) is 0 Å². The van der Waals surface area contributed by atoms with Gasteiger partial charge in [0.2, 0.25) is 0 Å². The summed E-state index contributed by atoms with van der Waals surface area (Å²) in [4.78, 5) is 0. The van der Waals surface area contributed by atoms with Gasteiger partial charge in [0.15, 0.2) is 0 Å². The predicted molar refractivity (Wildman–Crippen MR) is 89.0 cm³/mol. The molecule has 0 aliphatic carbocycles. The third kappa shape index (κ3) is 4.08. The molecule has 0 aliphatic rings. The van der Waals surface area contributed by atoms with Crippen LogP contribution in [-0.2, 0) is 6.42 Å². The van der Waals surface area contributed by atoms with Crippen LogP contribution >= 0.6 is 0 Å². The van der Waals surface area contributed by atoms with Crippen molar-refractivity contribution in [3.63, 3.8) is 0 Å². The number of hydrogen-bond acceptors (Lipinski definition) is 2. The summed E-state index contributed by atoms with van der Waals surface area (Å²) in [5, 5.41) is 3.44. The van der Waals surface area contributed by atoms with Crippen molar-refractivity contribution in [3.8, 4) is 5.75 Å². The lowest BCUT2D eigenvalue weighted by atomic mass is 9.95. The molecule has 2 aromatic carbocycles. The zero-order valence-corrected chi connectivity index (χ0v) is 13.4. The molecule has 0 saturated heterocycles. The summed E-state index contributed by atoms with van der Waals surface area (Å²) < 4.78 is 5.28. The van der Waals surface area contributed by atoms with Crippen LogP contribution in [0.4, 0.5) is 0 Å². The van der Waals surface area contributed by atoms with Crippen LogP contribution in [0.15, 0.2) is 42.5 Å². The lowest BCUT2D eigenvalue weighted by molar-refractivity contribution is 0.414.